The summed E-state index contributed by atoms with van der Waals surface area (Å²) in [5, 5.41) is 0. The Hall–Kier alpha value is -2.28. The van der Waals surface area contributed by atoms with Gasteiger partial charge < -0.3 is 9.64 Å². The molecule has 1 saturated heterocycles. The summed E-state index contributed by atoms with van der Waals surface area (Å²) in [6.45, 7) is 1.30. The van der Waals surface area contributed by atoms with E-state index in [-0.39, 0.29) is 17.7 Å². The number of morpholine rings is 1. The first kappa shape index (κ1) is 15.3. The standard InChI is InChI=1S/C17H19FN4O2/c1-21-16(23)9-13(11-5-6-19-10-12(11)18)20-17(21)22-7-8-24-15-4-2-3-14(15)22/h5-6,9-10,14-15H,2-4,7-8H2,1H3/t14-,15-/m1/s1. The minimum absolute atomic E-state index is 0.192. The van der Waals surface area contributed by atoms with Crippen LogP contribution in [0.2, 0.25) is 0 Å². The maximum Gasteiger partial charge on any atom is 0.255 e. The SMILES string of the molecule is Cn1c(N2CCO[C@@H]3CCC[C@H]32)nc(-c2ccncc2F)cc1=O. The van der Waals surface area contributed by atoms with Crippen LogP contribution in [0.3, 0.4) is 0 Å². The largest absolute Gasteiger partial charge is 0.374 e. The molecule has 2 aromatic rings. The molecule has 0 radical (unpaired) electrons. The quantitative estimate of drug-likeness (QED) is 0.839. The van der Waals surface area contributed by atoms with E-state index in [0.717, 1.165) is 25.5 Å². The lowest BCUT2D eigenvalue weighted by atomic mass is 10.1. The molecule has 2 aromatic heterocycles. The maximum atomic E-state index is 14.1. The fraction of sp³-hybridized carbons (Fsp3) is 0.471. The Labute approximate surface area is 138 Å². The van der Waals surface area contributed by atoms with Crippen molar-refractivity contribution in [2.24, 2.45) is 7.05 Å². The van der Waals surface area contributed by atoms with Crippen molar-refractivity contribution in [2.75, 3.05) is 18.1 Å². The molecule has 4 rings (SSSR count). The number of nitrogens with zero attached hydrogens (tertiary/aromatic N) is 4. The fourth-order valence-corrected chi connectivity index (χ4v) is 3.68. The highest BCUT2D eigenvalue weighted by molar-refractivity contribution is 5.60. The molecule has 0 N–H and O–H groups in total. The summed E-state index contributed by atoms with van der Waals surface area (Å²) >= 11 is 0. The fourth-order valence-electron chi connectivity index (χ4n) is 3.68. The molecule has 0 unspecified atom stereocenters. The highest BCUT2D eigenvalue weighted by Gasteiger charge is 2.37. The molecule has 2 atom stereocenters. The predicted octanol–water partition coefficient (Wildman–Crippen LogP) is 1.74. The van der Waals surface area contributed by atoms with Crippen molar-refractivity contribution in [3.63, 3.8) is 0 Å². The van der Waals surface area contributed by atoms with Gasteiger partial charge in [0, 0.05) is 31.4 Å². The van der Waals surface area contributed by atoms with Gasteiger partial charge in [0.1, 0.15) is 0 Å². The first-order valence-electron chi connectivity index (χ1n) is 8.21. The Morgan fingerprint density at radius 3 is 3.08 bits per heavy atom. The zero-order valence-corrected chi connectivity index (χ0v) is 13.5. The third-order valence-corrected chi connectivity index (χ3v) is 4.90. The van der Waals surface area contributed by atoms with Crippen LogP contribution in [0, 0.1) is 5.82 Å². The molecule has 24 heavy (non-hydrogen) atoms. The van der Waals surface area contributed by atoms with Gasteiger partial charge in [0.15, 0.2) is 5.82 Å². The van der Waals surface area contributed by atoms with E-state index in [1.807, 2.05) is 0 Å². The second-order valence-electron chi connectivity index (χ2n) is 6.30. The number of hydrogen-bond donors (Lipinski definition) is 0. The van der Waals surface area contributed by atoms with Crippen LogP contribution in [0.4, 0.5) is 10.3 Å². The topological polar surface area (TPSA) is 60.2 Å². The average Bonchev–Trinajstić information content (AvgIpc) is 3.06. The minimum atomic E-state index is -0.482. The van der Waals surface area contributed by atoms with Gasteiger partial charge in [-0.15, -0.1) is 0 Å². The predicted molar refractivity (Wildman–Crippen MR) is 87.4 cm³/mol. The van der Waals surface area contributed by atoms with Gasteiger partial charge in [-0.3, -0.25) is 14.3 Å². The van der Waals surface area contributed by atoms with Crippen LogP contribution in [-0.4, -0.2) is 39.8 Å². The number of anilines is 1. The van der Waals surface area contributed by atoms with Gasteiger partial charge in [0.05, 0.1) is 30.6 Å². The third kappa shape index (κ3) is 2.49. The molecule has 0 amide bonds. The van der Waals surface area contributed by atoms with Crippen molar-refractivity contribution in [3.05, 3.63) is 40.7 Å². The summed E-state index contributed by atoms with van der Waals surface area (Å²) in [4.78, 5) is 22.9. The summed E-state index contributed by atoms with van der Waals surface area (Å²) in [6.07, 6.45) is 5.99. The Kier molecular flexibility index (Phi) is 3.80. The molecule has 0 spiro atoms. The molecular formula is C17H19FN4O2. The number of hydrogen-bond acceptors (Lipinski definition) is 5. The molecule has 126 valence electrons. The molecule has 0 bridgehead atoms. The highest BCUT2D eigenvalue weighted by atomic mass is 19.1. The number of pyridine rings is 1. The number of aromatic nitrogens is 3. The lowest BCUT2D eigenvalue weighted by molar-refractivity contribution is 0.0247. The first-order valence-corrected chi connectivity index (χ1v) is 8.21. The van der Waals surface area contributed by atoms with E-state index in [9.17, 15) is 9.18 Å². The molecule has 0 aromatic carbocycles. The van der Waals surface area contributed by atoms with Crippen LogP contribution in [0.5, 0.6) is 0 Å². The lowest BCUT2D eigenvalue weighted by Crippen LogP contribution is -2.50. The second kappa shape index (κ2) is 5.98. The molecule has 1 aliphatic carbocycles. The summed E-state index contributed by atoms with van der Waals surface area (Å²) in [5.41, 5.74) is 0.432. The van der Waals surface area contributed by atoms with Crippen molar-refractivity contribution < 1.29 is 9.13 Å². The monoisotopic (exact) mass is 330 g/mol. The van der Waals surface area contributed by atoms with Crippen LogP contribution in [0.15, 0.2) is 29.3 Å². The molecule has 1 saturated carbocycles. The summed E-state index contributed by atoms with van der Waals surface area (Å²) in [6, 6.07) is 3.14. The van der Waals surface area contributed by atoms with Crippen LogP contribution in [0.1, 0.15) is 19.3 Å². The van der Waals surface area contributed by atoms with Crippen molar-refractivity contribution in [3.8, 4) is 11.3 Å². The Morgan fingerprint density at radius 2 is 2.25 bits per heavy atom. The van der Waals surface area contributed by atoms with Crippen molar-refractivity contribution >= 4 is 5.95 Å². The first-order chi connectivity index (χ1) is 11.6. The van der Waals surface area contributed by atoms with E-state index in [4.69, 9.17) is 4.74 Å². The van der Waals surface area contributed by atoms with Gasteiger partial charge in [-0.05, 0) is 25.3 Å². The summed E-state index contributed by atoms with van der Waals surface area (Å²) < 4.78 is 21.4. The number of halogens is 1. The lowest BCUT2D eigenvalue weighted by Gasteiger charge is -2.38. The molecule has 6 nitrogen and oxygen atoms in total. The number of fused-ring (bicyclic) bond motifs is 1. The molecule has 1 aliphatic heterocycles. The summed E-state index contributed by atoms with van der Waals surface area (Å²) in [5.74, 6) is 0.0961. The minimum Gasteiger partial charge on any atom is -0.374 e. The van der Waals surface area contributed by atoms with Crippen LogP contribution >= 0.6 is 0 Å². The normalized spacial score (nSPS) is 23.3. The van der Waals surface area contributed by atoms with Crippen molar-refractivity contribution in [1.29, 1.82) is 0 Å². The van der Waals surface area contributed by atoms with Gasteiger partial charge in [-0.1, -0.05) is 0 Å². The van der Waals surface area contributed by atoms with Gasteiger partial charge in [0.2, 0.25) is 5.95 Å². The zero-order chi connectivity index (χ0) is 16.7. The van der Waals surface area contributed by atoms with Crippen molar-refractivity contribution in [2.45, 2.75) is 31.4 Å². The smallest absolute Gasteiger partial charge is 0.255 e. The molecule has 2 aliphatic rings. The highest BCUT2D eigenvalue weighted by Crippen LogP contribution is 2.32. The molecule has 7 heteroatoms. The van der Waals surface area contributed by atoms with Gasteiger partial charge in [-0.2, -0.15) is 0 Å². The van der Waals surface area contributed by atoms with E-state index < -0.39 is 5.82 Å². The van der Waals surface area contributed by atoms with E-state index in [0.29, 0.717) is 30.4 Å². The summed E-state index contributed by atoms with van der Waals surface area (Å²) in [7, 11) is 1.71. The van der Waals surface area contributed by atoms with Gasteiger partial charge in [-0.25, -0.2) is 9.37 Å². The van der Waals surface area contributed by atoms with Gasteiger partial charge >= 0.3 is 0 Å². The molecule has 3 heterocycles. The van der Waals surface area contributed by atoms with E-state index in [2.05, 4.69) is 14.9 Å². The number of ether oxygens (including phenoxy) is 1. The second-order valence-corrected chi connectivity index (χ2v) is 6.30. The third-order valence-electron chi connectivity index (χ3n) is 4.90. The van der Waals surface area contributed by atoms with E-state index in [1.165, 1.54) is 16.8 Å². The molecular weight excluding hydrogens is 311 g/mol. The average molecular weight is 330 g/mol. The Bertz CT molecular complexity index is 822. The van der Waals surface area contributed by atoms with Gasteiger partial charge in [0.25, 0.3) is 5.56 Å². The van der Waals surface area contributed by atoms with E-state index >= 15 is 0 Å². The Morgan fingerprint density at radius 1 is 1.38 bits per heavy atom. The van der Waals surface area contributed by atoms with Crippen LogP contribution in [-0.2, 0) is 11.8 Å². The number of rotatable bonds is 2. The zero-order valence-electron chi connectivity index (χ0n) is 13.5. The van der Waals surface area contributed by atoms with E-state index in [1.54, 1.807) is 13.1 Å². The Balaban J connectivity index is 1.81. The van der Waals surface area contributed by atoms with Crippen LogP contribution < -0.4 is 10.5 Å². The molecule has 2 fully saturated rings. The van der Waals surface area contributed by atoms with Crippen LogP contribution in [0.25, 0.3) is 11.3 Å². The van der Waals surface area contributed by atoms with Crippen molar-refractivity contribution in [1.82, 2.24) is 14.5 Å². The maximum absolute atomic E-state index is 14.1.